The number of hydrogen-bond donors (Lipinski definition) is 2. The van der Waals surface area contributed by atoms with Gasteiger partial charge in [0.15, 0.2) is 0 Å². The molecule has 0 saturated heterocycles. The smallest absolute Gasteiger partial charge is 0.237 e. The van der Waals surface area contributed by atoms with Gasteiger partial charge in [-0.1, -0.05) is 12.1 Å². The Hall–Kier alpha value is -2.86. The summed E-state index contributed by atoms with van der Waals surface area (Å²) in [5, 5.41) is 23.2. The number of nitrogens with one attached hydrogen (secondary N) is 2. The van der Waals surface area contributed by atoms with Crippen LogP contribution in [0, 0.1) is 22.7 Å². The highest BCUT2D eigenvalue weighted by molar-refractivity contribution is 6.10. The van der Waals surface area contributed by atoms with E-state index in [1.54, 1.807) is 36.4 Å². The Morgan fingerprint density at radius 3 is 2.35 bits per heavy atom. The maximum atomic E-state index is 10.9. The number of rotatable bonds is 3. The minimum atomic E-state index is -0.289. The number of hydrazone groups is 1. The number of carbonyl (C=O) groups is 1. The van der Waals surface area contributed by atoms with E-state index >= 15 is 0 Å². The van der Waals surface area contributed by atoms with Crippen molar-refractivity contribution in [3.8, 4) is 12.1 Å². The third-order valence-electron chi connectivity index (χ3n) is 1.74. The minimum absolute atomic E-state index is 0.219. The van der Waals surface area contributed by atoms with Gasteiger partial charge in [-0.05, 0) is 12.1 Å². The van der Waals surface area contributed by atoms with E-state index in [1.165, 1.54) is 6.92 Å². The van der Waals surface area contributed by atoms with E-state index in [0.29, 0.717) is 11.4 Å². The van der Waals surface area contributed by atoms with Gasteiger partial charge in [0.25, 0.3) is 0 Å². The lowest BCUT2D eigenvalue weighted by Gasteiger charge is -2.08. The van der Waals surface area contributed by atoms with Gasteiger partial charge in [0, 0.05) is 6.92 Å². The lowest BCUT2D eigenvalue weighted by Crippen LogP contribution is -2.08. The molecule has 1 aromatic carbocycles. The summed E-state index contributed by atoms with van der Waals surface area (Å²) in [5.74, 6) is -0.219. The second-order valence-corrected chi connectivity index (χ2v) is 3.02. The summed E-state index contributed by atoms with van der Waals surface area (Å²) in [6.07, 6.45) is 0. The lowest BCUT2D eigenvalue weighted by atomic mass is 10.2. The van der Waals surface area contributed by atoms with E-state index in [9.17, 15) is 4.79 Å². The molecule has 0 aliphatic carbocycles. The van der Waals surface area contributed by atoms with Crippen LogP contribution in [0.5, 0.6) is 0 Å². The molecule has 0 aromatic heterocycles. The van der Waals surface area contributed by atoms with Crippen LogP contribution in [0.15, 0.2) is 29.4 Å². The van der Waals surface area contributed by atoms with E-state index in [1.807, 2.05) is 0 Å². The average molecular weight is 227 g/mol. The molecule has 0 unspecified atom stereocenters. The van der Waals surface area contributed by atoms with E-state index in [2.05, 4.69) is 15.8 Å². The van der Waals surface area contributed by atoms with Crippen molar-refractivity contribution in [3.63, 3.8) is 0 Å². The zero-order valence-electron chi connectivity index (χ0n) is 9.06. The topological polar surface area (TPSA) is 101 Å². The van der Waals surface area contributed by atoms with Gasteiger partial charge in [-0.3, -0.25) is 10.2 Å². The predicted molar refractivity (Wildman–Crippen MR) is 63.0 cm³/mol. The normalized spacial score (nSPS) is 8.41. The molecule has 0 aliphatic rings. The number of nitriles is 2. The van der Waals surface area contributed by atoms with Crippen molar-refractivity contribution < 1.29 is 4.79 Å². The molecule has 2 N–H and O–H groups in total. The molecule has 17 heavy (non-hydrogen) atoms. The highest BCUT2D eigenvalue weighted by atomic mass is 16.1. The first-order valence-corrected chi connectivity index (χ1v) is 4.68. The van der Waals surface area contributed by atoms with Gasteiger partial charge in [-0.2, -0.15) is 15.6 Å². The van der Waals surface area contributed by atoms with E-state index in [4.69, 9.17) is 10.5 Å². The van der Waals surface area contributed by atoms with Crippen LogP contribution in [-0.4, -0.2) is 11.6 Å². The molecule has 0 fully saturated rings. The monoisotopic (exact) mass is 227 g/mol. The highest BCUT2D eigenvalue weighted by Crippen LogP contribution is 2.20. The molecular weight excluding hydrogens is 218 g/mol. The summed E-state index contributed by atoms with van der Waals surface area (Å²) in [5.41, 5.74) is 3.29. The summed E-state index contributed by atoms with van der Waals surface area (Å²) in [4.78, 5) is 10.9. The molecule has 0 saturated carbocycles. The fourth-order valence-corrected chi connectivity index (χ4v) is 1.07. The second kappa shape index (κ2) is 5.89. The largest absolute Gasteiger partial charge is 0.324 e. The van der Waals surface area contributed by atoms with Gasteiger partial charge >= 0.3 is 0 Å². The Morgan fingerprint density at radius 1 is 1.24 bits per heavy atom. The number of nitrogens with zero attached hydrogens (tertiary/aromatic N) is 3. The van der Waals surface area contributed by atoms with Gasteiger partial charge in [-0.15, -0.1) is 0 Å². The molecule has 0 bridgehead atoms. The maximum absolute atomic E-state index is 10.9. The quantitative estimate of drug-likeness (QED) is 0.602. The van der Waals surface area contributed by atoms with E-state index < -0.39 is 0 Å². The minimum Gasteiger partial charge on any atom is -0.324 e. The summed E-state index contributed by atoms with van der Waals surface area (Å²) in [7, 11) is 0. The zero-order chi connectivity index (χ0) is 12.7. The molecule has 0 spiro atoms. The first-order chi connectivity index (χ1) is 8.17. The van der Waals surface area contributed by atoms with Crippen LogP contribution in [0.1, 0.15) is 6.92 Å². The standard InChI is InChI=1S/C11H9N5O/c1-8(17)14-10-4-2-3-5-11(10)16-15-9(6-12)7-13/h2-5,16H,1H3,(H,14,17). The summed E-state index contributed by atoms with van der Waals surface area (Å²) in [6, 6.07) is 10.1. The molecule has 6 heteroatoms. The third kappa shape index (κ3) is 3.65. The Balaban J connectivity index is 2.92. The van der Waals surface area contributed by atoms with Crippen molar-refractivity contribution in [2.75, 3.05) is 10.7 Å². The van der Waals surface area contributed by atoms with Crippen LogP contribution in [0.3, 0.4) is 0 Å². The molecule has 6 nitrogen and oxygen atoms in total. The van der Waals surface area contributed by atoms with Gasteiger partial charge in [0.05, 0.1) is 11.4 Å². The average Bonchev–Trinajstić information content (AvgIpc) is 2.31. The number of benzene rings is 1. The van der Waals surface area contributed by atoms with Crippen LogP contribution in [-0.2, 0) is 4.79 Å². The maximum Gasteiger partial charge on any atom is 0.237 e. The van der Waals surface area contributed by atoms with Gasteiger partial charge in [-0.25, -0.2) is 0 Å². The first-order valence-electron chi connectivity index (χ1n) is 4.68. The van der Waals surface area contributed by atoms with Crippen molar-refractivity contribution in [1.29, 1.82) is 10.5 Å². The Morgan fingerprint density at radius 2 is 1.82 bits per heavy atom. The number of hydrogen-bond acceptors (Lipinski definition) is 5. The number of carbonyl (C=O) groups excluding carboxylic acids is 1. The number of amides is 1. The van der Waals surface area contributed by atoms with E-state index in [0.717, 1.165) is 0 Å². The fourth-order valence-electron chi connectivity index (χ4n) is 1.07. The number of anilines is 2. The molecule has 1 amide bonds. The van der Waals surface area contributed by atoms with E-state index in [-0.39, 0.29) is 11.6 Å². The van der Waals surface area contributed by atoms with Gasteiger partial charge < -0.3 is 5.32 Å². The van der Waals surface area contributed by atoms with Crippen molar-refractivity contribution in [2.45, 2.75) is 6.92 Å². The van der Waals surface area contributed by atoms with Crippen LogP contribution in [0.4, 0.5) is 11.4 Å². The Labute approximate surface area is 98.2 Å². The van der Waals surface area contributed by atoms with Crippen LogP contribution < -0.4 is 10.7 Å². The van der Waals surface area contributed by atoms with Crippen molar-refractivity contribution in [2.24, 2.45) is 5.10 Å². The predicted octanol–water partition coefficient (Wildman–Crippen LogP) is 1.46. The number of para-hydroxylation sites is 2. The zero-order valence-corrected chi connectivity index (χ0v) is 9.06. The molecular formula is C11H9N5O. The van der Waals surface area contributed by atoms with Crippen LogP contribution in [0.25, 0.3) is 0 Å². The molecule has 0 aliphatic heterocycles. The summed E-state index contributed by atoms with van der Waals surface area (Å²) >= 11 is 0. The Bertz CT molecular complexity index is 520. The van der Waals surface area contributed by atoms with Crippen molar-refractivity contribution >= 4 is 23.0 Å². The second-order valence-electron chi connectivity index (χ2n) is 3.02. The van der Waals surface area contributed by atoms with Crippen molar-refractivity contribution in [3.05, 3.63) is 24.3 Å². The summed E-state index contributed by atoms with van der Waals surface area (Å²) in [6.45, 7) is 1.38. The Kier molecular flexibility index (Phi) is 4.23. The molecule has 0 heterocycles. The van der Waals surface area contributed by atoms with Crippen molar-refractivity contribution in [1.82, 2.24) is 0 Å². The van der Waals surface area contributed by atoms with Crippen LogP contribution in [0.2, 0.25) is 0 Å². The van der Waals surface area contributed by atoms with Gasteiger partial charge in [0.1, 0.15) is 12.1 Å². The van der Waals surface area contributed by atoms with Crippen LogP contribution >= 0.6 is 0 Å². The highest BCUT2D eigenvalue weighted by Gasteiger charge is 2.02. The molecule has 1 aromatic rings. The molecule has 0 radical (unpaired) electrons. The molecule has 84 valence electrons. The lowest BCUT2D eigenvalue weighted by molar-refractivity contribution is -0.114. The molecule has 0 atom stereocenters. The third-order valence-corrected chi connectivity index (χ3v) is 1.74. The fraction of sp³-hybridized carbons (Fsp3) is 0.0909. The SMILES string of the molecule is CC(=O)Nc1ccccc1NN=C(C#N)C#N. The van der Waals surface area contributed by atoms with Gasteiger partial charge in [0.2, 0.25) is 11.6 Å². The first kappa shape index (κ1) is 12.2. The molecule has 1 rings (SSSR count). The summed E-state index contributed by atoms with van der Waals surface area (Å²) < 4.78 is 0.